The van der Waals surface area contributed by atoms with Crippen molar-refractivity contribution in [2.45, 2.75) is 26.2 Å². The molecule has 1 aliphatic rings. The molecular weight excluding hydrogens is 276 g/mol. The van der Waals surface area contributed by atoms with E-state index in [1.54, 1.807) is 6.07 Å². The molecule has 2 aromatic rings. The van der Waals surface area contributed by atoms with Crippen molar-refractivity contribution in [2.24, 2.45) is 0 Å². The number of hydrogen-bond donors (Lipinski definition) is 1. The van der Waals surface area contributed by atoms with Crippen molar-refractivity contribution in [3.8, 4) is 0 Å². The van der Waals surface area contributed by atoms with E-state index >= 15 is 0 Å². The van der Waals surface area contributed by atoms with E-state index in [0.717, 1.165) is 38.0 Å². The van der Waals surface area contributed by atoms with Crippen molar-refractivity contribution in [1.29, 1.82) is 0 Å². The Bertz CT molecular complexity index is 648. The molecule has 5 heteroatoms. The molecule has 1 saturated heterocycles. The number of rotatable bonds is 4. The lowest BCUT2D eigenvalue weighted by molar-refractivity contribution is 0.0787. The van der Waals surface area contributed by atoms with Crippen LogP contribution in [0.15, 0.2) is 36.7 Å². The summed E-state index contributed by atoms with van der Waals surface area (Å²) in [6, 6.07) is 9.92. The number of benzene rings is 1. The van der Waals surface area contributed by atoms with Gasteiger partial charge >= 0.3 is 0 Å². The van der Waals surface area contributed by atoms with Gasteiger partial charge in [-0.15, -0.1) is 0 Å². The van der Waals surface area contributed by atoms with E-state index in [4.69, 9.17) is 0 Å². The number of amides is 1. The quantitative estimate of drug-likeness (QED) is 0.942. The number of nitrogens with one attached hydrogen (secondary N) is 1. The highest BCUT2D eigenvalue weighted by atomic mass is 16.2. The van der Waals surface area contributed by atoms with Crippen LogP contribution in [0.25, 0.3) is 0 Å². The fraction of sp³-hybridized carbons (Fsp3) is 0.353. The van der Waals surface area contributed by atoms with Crippen LogP contribution in [-0.4, -0.2) is 33.9 Å². The number of carbonyl (C=O) groups excluding carboxylic acids is 1. The van der Waals surface area contributed by atoms with E-state index in [2.05, 4.69) is 34.3 Å². The van der Waals surface area contributed by atoms with Gasteiger partial charge < -0.3 is 10.2 Å². The number of aryl methyl sites for hydroxylation is 1. The number of likely N-dealkylation sites (tertiary alicyclic amines) is 1. The van der Waals surface area contributed by atoms with E-state index < -0.39 is 0 Å². The molecule has 2 heterocycles. The zero-order valence-electron chi connectivity index (χ0n) is 12.7. The van der Waals surface area contributed by atoms with Gasteiger partial charge in [-0.2, -0.15) is 0 Å². The molecule has 22 heavy (non-hydrogen) atoms. The van der Waals surface area contributed by atoms with Crippen molar-refractivity contribution >= 4 is 17.4 Å². The molecule has 114 valence electrons. The molecule has 0 unspecified atom stereocenters. The summed E-state index contributed by atoms with van der Waals surface area (Å²) >= 11 is 0. The van der Waals surface area contributed by atoms with Crippen LogP contribution < -0.4 is 5.32 Å². The van der Waals surface area contributed by atoms with Gasteiger partial charge in [0, 0.05) is 24.8 Å². The summed E-state index contributed by atoms with van der Waals surface area (Å²) in [5.41, 5.74) is 2.69. The largest absolute Gasteiger partial charge is 0.340 e. The first-order chi connectivity index (χ1) is 10.8. The first kappa shape index (κ1) is 14.5. The van der Waals surface area contributed by atoms with Crippen molar-refractivity contribution in [3.63, 3.8) is 0 Å². The predicted molar refractivity (Wildman–Crippen MR) is 86.3 cm³/mol. The second-order valence-electron chi connectivity index (χ2n) is 5.46. The summed E-state index contributed by atoms with van der Waals surface area (Å²) in [5, 5.41) is 3.22. The van der Waals surface area contributed by atoms with E-state index in [-0.39, 0.29) is 5.91 Å². The Morgan fingerprint density at radius 1 is 1.18 bits per heavy atom. The summed E-state index contributed by atoms with van der Waals surface area (Å²) in [6.45, 7) is 3.78. The summed E-state index contributed by atoms with van der Waals surface area (Å²) in [7, 11) is 0. The van der Waals surface area contributed by atoms with Gasteiger partial charge in [0.1, 0.15) is 17.8 Å². The molecule has 0 saturated carbocycles. The second kappa shape index (κ2) is 6.56. The van der Waals surface area contributed by atoms with Crippen LogP contribution in [0, 0.1) is 0 Å². The molecule has 1 fully saturated rings. The zero-order chi connectivity index (χ0) is 15.4. The molecule has 1 aromatic heterocycles. The molecule has 0 spiro atoms. The van der Waals surface area contributed by atoms with Crippen LogP contribution >= 0.6 is 0 Å². The first-order valence-electron chi connectivity index (χ1n) is 7.73. The van der Waals surface area contributed by atoms with Crippen LogP contribution in [0.1, 0.15) is 35.8 Å². The third-order valence-corrected chi connectivity index (χ3v) is 3.91. The normalized spacial score (nSPS) is 14.1. The Hall–Kier alpha value is -2.43. The summed E-state index contributed by atoms with van der Waals surface area (Å²) in [4.78, 5) is 22.5. The van der Waals surface area contributed by atoms with Crippen molar-refractivity contribution in [3.05, 3.63) is 47.9 Å². The minimum atomic E-state index is -0.00993. The number of carbonyl (C=O) groups is 1. The van der Waals surface area contributed by atoms with Gasteiger partial charge in [-0.3, -0.25) is 4.79 Å². The minimum absolute atomic E-state index is 0.00993. The Kier molecular flexibility index (Phi) is 4.32. The maximum absolute atomic E-state index is 12.3. The lowest BCUT2D eigenvalue weighted by atomic mass is 10.1. The molecule has 1 N–H and O–H groups in total. The highest BCUT2D eigenvalue weighted by molar-refractivity contribution is 5.93. The maximum Gasteiger partial charge on any atom is 0.272 e. The Balaban J connectivity index is 1.74. The fourth-order valence-electron chi connectivity index (χ4n) is 2.60. The van der Waals surface area contributed by atoms with Gasteiger partial charge in [0.25, 0.3) is 5.91 Å². The summed E-state index contributed by atoms with van der Waals surface area (Å²) in [5.74, 6) is 0.631. The SMILES string of the molecule is CCc1ccc(Nc2cc(C(=O)N3CCCC3)ncn2)cc1. The molecule has 0 bridgehead atoms. The van der Waals surface area contributed by atoms with E-state index in [9.17, 15) is 4.79 Å². The third-order valence-electron chi connectivity index (χ3n) is 3.91. The first-order valence-corrected chi connectivity index (χ1v) is 7.73. The van der Waals surface area contributed by atoms with Crippen molar-refractivity contribution < 1.29 is 4.79 Å². The molecule has 1 aliphatic heterocycles. The number of hydrogen-bond acceptors (Lipinski definition) is 4. The number of anilines is 2. The molecule has 3 rings (SSSR count). The maximum atomic E-state index is 12.3. The second-order valence-corrected chi connectivity index (χ2v) is 5.46. The standard InChI is InChI=1S/C17H20N4O/c1-2-13-5-7-14(8-6-13)20-16-11-15(18-12-19-16)17(22)21-9-3-4-10-21/h5-8,11-12H,2-4,9-10H2,1H3,(H,18,19,20). The lowest BCUT2D eigenvalue weighted by Gasteiger charge is -2.14. The molecule has 0 radical (unpaired) electrons. The highest BCUT2D eigenvalue weighted by Gasteiger charge is 2.20. The van der Waals surface area contributed by atoms with Gasteiger partial charge in [-0.05, 0) is 37.0 Å². The van der Waals surface area contributed by atoms with E-state index in [1.165, 1.54) is 11.9 Å². The topological polar surface area (TPSA) is 58.1 Å². The van der Waals surface area contributed by atoms with E-state index in [1.807, 2.05) is 17.0 Å². The Morgan fingerprint density at radius 2 is 1.91 bits per heavy atom. The molecule has 1 aromatic carbocycles. The predicted octanol–water partition coefficient (Wildman–Crippen LogP) is 3.02. The molecular formula is C17H20N4O. The van der Waals surface area contributed by atoms with Gasteiger partial charge in [0.05, 0.1) is 0 Å². The average molecular weight is 296 g/mol. The molecule has 0 aliphatic carbocycles. The van der Waals surface area contributed by atoms with Crippen molar-refractivity contribution in [2.75, 3.05) is 18.4 Å². The highest BCUT2D eigenvalue weighted by Crippen LogP contribution is 2.17. The monoisotopic (exact) mass is 296 g/mol. The van der Waals surface area contributed by atoms with Crippen LogP contribution in [0.4, 0.5) is 11.5 Å². The van der Waals surface area contributed by atoms with Gasteiger partial charge in [-0.1, -0.05) is 19.1 Å². The van der Waals surface area contributed by atoms with E-state index in [0.29, 0.717) is 11.5 Å². The number of nitrogens with zero attached hydrogens (tertiary/aromatic N) is 3. The number of aromatic nitrogens is 2. The smallest absolute Gasteiger partial charge is 0.272 e. The van der Waals surface area contributed by atoms with Gasteiger partial charge in [-0.25, -0.2) is 9.97 Å². The molecule has 0 atom stereocenters. The summed E-state index contributed by atoms with van der Waals surface area (Å²) < 4.78 is 0. The lowest BCUT2D eigenvalue weighted by Crippen LogP contribution is -2.28. The van der Waals surface area contributed by atoms with Gasteiger partial charge in [0.15, 0.2) is 0 Å². The van der Waals surface area contributed by atoms with Crippen LogP contribution in [0.5, 0.6) is 0 Å². The van der Waals surface area contributed by atoms with Crippen LogP contribution in [0.2, 0.25) is 0 Å². The molecule has 1 amide bonds. The average Bonchev–Trinajstić information content (AvgIpc) is 3.09. The van der Waals surface area contributed by atoms with Crippen molar-refractivity contribution in [1.82, 2.24) is 14.9 Å². The fourth-order valence-corrected chi connectivity index (χ4v) is 2.60. The Morgan fingerprint density at radius 3 is 2.59 bits per heavy atom. The van der Waals surface area contributed by atoms with Crippen LogP contribution in [0.3, 0.4) is 0 Å². The van der Waals surface area contributed by atoms with Gasteiger partial charge in [0.2, 0.25) is 0 Å². The third kappa shape index (κ3) is 3.24. The Labute approximate surface area is 130 Å². The zero-order valence-corrected chi connectivity index (χ0v) is 12.7. The summed E-state index contributed by atoms with van der Waals surface area (Å²) in [6.07, 6.45) is 4.60. The van der Waals surface area contributed by atoms with Crippen LogP contribution in [-0.2, 0) is 6.42 Å². The molecule has 5 nitrogen and oxygen atoms in total. The minimum Gasteiger partial charge on any atom is -0.340 e.